The average Bonchev–Trinajstić information content (AvgIpc) is 2.86. The van der Waals surface area contributed by atoms with E-state index in [-0.39, 0.29) is 17.4 Å². The van der Waals surface area contributed by atoms with E-state index in [2.05, 4.69) is 10.6 Å². The van der Waals surface area contributed by atoms with Crippen molar-refractivity contribution in [3.05, 3.63) is 88.4 Å². The normalized spacial score (nSPS) is 12.0. The van der Waals surface area contributed by atoms with Crippen LogP contribution in [0, 0.1) is 0 Å². The molecule has 0 aromatic heterocycles. The predicted octanol–water partition coefficient (Wildman–Crippen LogP) is 8.26. The topological polar surface area (TPSA) is 73.5 Å². The number of anilines is 3. The zero-order valence-corrected chi connectivity index (χ0v) is 21.1. The van der Waals surface area contributed by atoms with E-state index in [9.17, 15) is 49.1 Å². The number of nitrogens with zero attached hydrogens (tertiary/aromatic N) is 1. The quantitative estimate of drug-likeness (QED) is 0.245. The monoisotopic (exact) mass is 612 g/mol. The van der Waals surface area contributed by atoms with Crippen molar-refractivity contribution in [1.29, 1.82) is 0 Å². The largest absolute Gasteiger partial charge is 0.416 e. The van der Waals surface area contributed by atoms with Crippen LogP contribution in [-0.4, -0.2) is 25.2 Å². The number of alkyl halides is 9. The molecule has 0 heterocycles. The Labute approximate surface area is 231 Å². The summed E-state index contributed by atoms with van der Waals surface area (Å²) < 4.78 is 118. The summed E-state index contributed by atoms with van der Waals surface area (Å²) in [5.74, 6) is 0. The van der Waals surface area contributed by atoms with Crippen molar-refractivity contribution >= 4 is 40.7 Å². The maximum absolute atomic E-state index is 13.2. The highest BCUT2D eigenvalue weighted by molar-refractivity contribution is 6.30. The van der Waals surface area contributed by atoms with Crippen LogP contribution >= 0.6 is 11.6 Å². The van der Waals surface area contributed by atoms with E-state index < -0.39 is 66.1 Å². The van der Waals surface area contributed by atoms with Crippen LogP contribution < -0.4 is 20.9 Å². The molecule has 41 heavy (non-hydrogen) atoms. The molecule has 0 aliphatic rings. The second kappa shape index (κ2) is 12.2. The Morgan fingerprint density at radius 1 is 0.683 bits per heavy atom. The van der Waals surface area contributed by atoms with Gasteiger partial charge >= 0.3 is 30.6 Å². The fourth-order valence-corrected chi connectivity index (χ4v) is 3.53. The van der Waals surface area contributed by atoms with Crippen LogP contribution in [0.5, 0.6) is 0 Å². The maximum Gasteiger partial charge on any atom is 0.416 e. The lowest BCUT2D eigenvalue weighted by molar-refractivity contribution is -0.143. The molecule has 220 valence electrons. The summed E-state index contributed by atoms with van der Waals surface area (Å²) in [6.07, 6.45) is -15.0. The number of rotatable bonds is 6. The second-order valence-corrected chi connectivity index (χ2v) is 8.75. The smallest absolute Gasteiger partial charge is 0.336 e. The van der Waals surface area contributed by atoms with Crippen LogP contribution in [-0.2, 0) is 18.5 Å². The molecule has 0 unspecified atom stereocenters. The van der Waals surface area contributed by atoms with Crippen LogP contribution in [0.4, 0.5) is 66.2 Å². The van der Waals surface area contributed by atoms with Gasteiger partial charge in [-0.25, -0.2) is 9.59 Å². The van der Waals surface area contributed by atoms with Crippen molar-refractivity contribution in [2.24, 2.45) is 0 Å². The van der Waals surface area contributed by atoms with Gasteiger partial charge in [0.25, 0.3) is 0 Å². The van der Waals surface area contributed by atoms with E-state index >= 15 is 0 Å². The number of carbonyl (C=O) groups excluding carboxylic acids is 2. The Morgan fingerprint density at radius 2 is 1.24 bits per heavy atom. The maximum atomic E-state index is 13.2. The van der Waals surface area contributed by atoms with Gasteiger partial charge in [-0.3, -0.25) is 4.90 Å². The minimum absolute atomic E-state index is 0.116. The first-order valence-corrected chi connectivity index (χ1v) is 11.7. The average molecular weight is 613 g/mol. The molecule has 4 amide bonds. The van der Waals surface area contributed by atoms with Gasteiger partial charge in [0, 0.05) is 35.2 Å². The Balaban J connectivity index is 1.77. The van der Waals surface area contributed by atoms with Crippen molar-refractivity contribution in [1.82, 2.24) is 5.32 Å². The molecule has 3 rings (SSSR count). The molecular weight excluding hydrogens is 595 g/mol. The van der Waals surface area contributed by atoms with Crippen molar-refractivity contribution < 1.29 is 49.1 Å². The molecule has 0 saturated heterocycles. The lowest BCUT2D eigenvalue weighted by Gasteiger charge is -2.24. The zero-order chi connectivity index (χ0) is 30.6. The molecule has 3 aromatic carbocycles. The van der Waals surface area contributed by atoms with Crippen LogP contribution in [0.25, 0.3) is 0 Å². The van der Waals surface area contributed by atoms with Crippen LogP contribution in [0.1, 0.15) is 16.7 Å². The first kappa shape index (κ1) is 31.4. The fourth-order valence-electron chi connectivity index (χ4n) is 3.41. The minimum atomic E-state index is -5.14. The van der Waals surface area contributed by atoms with E-state index in [0.29, 0.717) is 23.2 Å². The van der Waals surface area contributed by atoms with Crippen molar-refractivity contribution in [2.45, 2.75) is 18.5 Å². The minimum Gasteiger partial charge on any atom is -0.336 e. The van der Waals surface area contributed by atoms with Crippen LogP contribution in [0.3, 0.4) is 0 Å². The molecule has 3 aromatic rings. The SMILES string of the molecule is O=C(NCCN(C(=O)Nc1ccc(Cl)cc1)c1cccc(C(F)(F)F)c1)Nc1cc(C(F)(F)F)cc(C(F)(F)F)c1. The van der Waals surface area contributed by atoms with Crippen LogP contribution in [0.15, 0.2) is 66.7 Å². The number of amides is 4. The first-order valence-electron chi connectivity index (χ1n) is 11.3. The standard InChI is InChI=1S/C25H18ClF9N4O2/c26-17-4-6-18(7-5-17)38-22(41)39(20-3-1-2-14(13-20)23(27,28)29)9-8-36-21(40)37-19-11-15(24(30,31)32)10-16(12-19)25(33,34)35/h1-7,10-13H,8-9H2,(H,38,41)(H2,36,37,40). The molecule has 16 heteroatoms. The highest BCUT2D eigenvalue weighted by Crippen LogP contribution is 2.37. The summed E-state index contributed by atoms with van der Waals surface area (Å²) in [7, 11) is 0. The Kier molecular flexibility index (Phi) is 9.31. The summed E-state index contributed by atoms with van der Waals surface area (Å²) in [5, 5.41) is 6.79. The lowest BCUT2D eigenvalue weighted by atomic mass is 10.1. The van der Waals surface area contributed by atoms with Gasteiger partial charge in [0.15, 0.2) is 0 Å². The zero-order valence-electron chi connectivity index (χ0n) is 20.3. The van der Waals surface area contributed by atoms with Gasteiger partial charge in [-0.05, 0) is 60.7 Å². The third-order valence-corrected chi connectivity index (χ3v) is 5.54. The van der Waals surface area contributed by atoms with Gasteiger partial charge in [0.05, 0.1) is 16.7 Å². The number of carbonyl (C=O) groups is 2. The van der Waals surface area contributed by atoms with E-state index in [0.717, 1.165) is 17.0 Å². The molecule has 0 spiro atoms. The summed E-state index contributed by atoms with van der Waals surface area (Å²) >= 11 is 5.80. The van der Waals surface area contributed by atoms with Crippen LogP contribution in [0.2, 0.25) is 5.02 Å². The number of nitrogens with one attached hydrogen (secondary N) is 3. The van der Waals surface area contributed by atoms with Gasteiger partial charge in [0.2, 0.25) is 0 Å². The molecule has 0 bridgehead atoms. The Morgan fingerprint density at radius 3 is 1.78 bits per heavy atom. The van der Waals surface area contributed by atoms with Crippen molar-refractivity contribution in [2.75, 3.05) is 28.6 Å². The fraction of sp³-hybridized carbons (Fsp3) is 0.200. The van der Waals surface area contributed by atoms with Crippen molar-refractivity contribution in [3.63, 3.8) is 0 Å². The summed E-state index contributed by atoms with van der Waals surface area (Å²) in [4.78, 5) is 26.1. The van der Waals surface area contributed by atoms with E-state index in [1.54, 1.807) is 0 Å². The molecule has 0 aliphatic carbocycles. The molecular formula is C25H18ClF9N4O2. The van der Waals surface area contributed by atoms with Gasteiger partial charge in [0.1, 0.15) is 0 Å². The third-order valence-electron chi connectivity index (χ3n) is 5.29. The van der Waals surface area contributed by atoms with Gasteiger partial charge in [-0.2, -0.15) is 39.5 Å². The highest BCUT2D eigenvalue weighted by atomic mass is 35.5. The molecule has 0 aliphatic heterocycles. The molecule has 3 N–H and O–H groups in total. The second-order valence-electron chi connectivity index (χ2n) is 8.31. The van der Waals surface area contributed by atoms with Gasteiger partial charge in [-0.1, -0.05) is 17.7 Å². The third kappa shape index (κ3) is 8.93. The highest BCUT2D eigenvalue weighted by Gasteiger charge is 2.37. The Hall–Kier alpha value is -4.14. The summed E-state index contributed by atoms with van der Waals surface area (Å²) in [6.45, 7) is -0.925. The molecule has 0 radical (unpaired) electrons. The number of benzene rings is 3. The first-order chi connectivity index (χ1) is 18.9. The van der Waals surface area contributed by atoms with Crippen molar-refractivity contribution in [3.8, 4) is 0 Å². The van der Waals surface area contributed by atoms with Gasteiger partial charge in [-0.15, -0.1) is 0 Å². The lowest BCUT2D eigenvalue weighted by Crippen LogP contribution is -2.42. The number of halogens is 10. The summed E-state index contributed by atoms with van der Waals surface area (Å²) in [6, 6.07) is 7.73. The predicted molar refractivity (Wildman–Crippen MR) is 133 cm³/mol. The number of urea groups is 2. The molecule has 0 saturated carbocycles. The number of hydrogen-bond donors (Lipinski definition) is 3. The Bertz CT molecular complexity index is 1360. The van der Waals surface area contributed by atoms with E-state index in [1.807, 2.05) is 5.32 Å². The molecule has 6 nitrogen and oxygen atoms in total. The van der Waals surface area contributed by atoms with Gasteiger partial charge < -0.3 is 16.0 Å². The van der Waals surface area contributed by atoms with E-state index in [1.165, 1.54) is 30.3 Å². The molecule has 0 atom stereocenters. The van der Waals surface area contributed by atoms with E-state index in [4.69, 9.17) is 11.6 Å². The molecule has 0 fully saturated rings. The summed E-state index contributed by atoms with van der Waals surface area (Å²) in [5.41, 5.74) is -5.20. The number of hydrogen-bond acceptors (Lipinski definition) is 2.